The van der Waals surface area contributed by atoms with Gasteiger partial charge in [-0.05, 0) is 32.9 Å². The molecule has 238 valence electrons. The second-order valence-electron chi connectivity index (χ2n) is 9.93. The molecule has 1 aliphatic rings. The van der Waals surface area contributed by atoms with Crippen LogP contribution in [0.15, 0.2) is 18.2 Å². The zero-order valence-corrected chi connectivity index (χ0v) is 24.7. The lowest BCUT2D eigenvalue weighted by molar-refractivity contribution is -0.757. The summed E-state index contributed by atoms with van der Waals surface area (Å²) in [6, 6.07) is 4.17. The average Bonchev–Trinajstić information content (AvgIpc) is 3.43. The third-order valence-corrected chi connectivity index (χ3v) is 6.05. The van der Waals surface area contributed by atoms with Gasteiger partial charge in [0.1, 0.15) is 56.2 Å². The van der Waals surface area contributed by atoms with Crippen LogP contribution in [-0.4, -0.2) is 102 Å². The minimum absolute atomic E-state index is 0.0000778. The Labute approximate surface area is 250 Å². The number of hydrogen-bond donors (Lipinski definition) is 1. The van der Waals surface area contributed by atoms with Crippen molar-refractivity contribution in [3.8, 4) is 17.4 Å². The fourth-order valence-corrected chi connectivity index (χ4v) is 4.11. The topological polar surface area (TPSA) is 209 Å². The number of benzene rings is 1. The molecule has 1 saturated heterocycles. The van der Waals surface area contributed by atoms with Gasteiger partial charge in [-0.15, -0.1) is 24.6 Å². The molecule has 2 aromatic rings. The third kappa shape index (κ3) is 11.9. The van der Waals surface area contributed by atoms with E-state index in [0.717, 1.165) is 11.7 Å². The number of morpholine rings is 1. The highest BCUT2D eigenvalue weighted by Crippen LogP contribution is 2.28. The second-order valence-corrected chi connectivity index (χ2v) is 10.5. The molecule has 19 heteroatoms. The quantitative estimate of drug-likeness (QED) is 0.107. The van der Waals surface area contributed by atoms with E-state index in [-0.39, 0.29) is 55.6 Å². The van der Waals surface area contributed by atoms with Crippen molar-refractivity contribution < 1.29 is 48.3 Å². The highest BCUT2D eigenvalue weighted by atomic mass is 32.1. The van der Waals surface area contributed by atoms with E-state index in [0.29, 0.717) is 38.0 Å². The molecule has 0 amide bonds. The van der Waals surface area contributed by atoms with Gasteiger partial charge in [-0.2, -0.15) is 4.37 Å². The molecule has 1 aliphatic heterocycles. The molecular weight excluding hydrogens is 596 g/mol. The predicted octanol–water partition coefficient (Wildman–Crippen LogP) is 1.54. The SMILES string of the molecule is CC(C)(C)NC[C@@H](COc1nsnc1N1CCOCC1)OC(=O)c1ccc(OCCO[N+](=O)[O-])cc1OCCO[N+](=O)[O-]. The maximum absolute atomic E-state index is 13.4. The van der Waals surface area contributed by atoms with Gasteiger partial charge in [-0.3, -0.25) is 0 Å². The molecule has 3 rings (SSSR count). The number of anilines is 1. The average molecular weight is 631 g/mol. The van der Waals surface area contributed by atoms with Crippen molar-refractivity contribution in [2.75, 3.05) is 70.8 Å². The van der Waals surface area contributed by atoms with Gasteiger partial charge in [0, 0.05) is 31.2 Å². The molecule has 1 atom stereocenters. The van der Waals surface area contributed by atoms with Gasteiger partial charge in [0.25, 0.3) is 16.1 Å². The van der Waals surface area contributed by atoms with Crippen LogP contribution in [0.3, 0.4) is 0 Å². The first kappa shape index (κ1) is 33.3. The van der Waals surface area contributed by atoms with Crippen molar-refractivity contribution in [1.29, 1.82) is 0 Å². The molecule has 0 aliphatic carbocycles. The minimum Gasteiger partial charge on any atom is -0.491 e. The molecule has 1 fully saturated rings. The fourth-order valence-electron chi connectivity index (χ4n) is 3.59. The van der Waals surface area contributed by atoms with E-state index >= 15 is 0 Å². The van der Waals surface area contributed by atoms with Crippen LogP contribution in [0.2, 0.25) is 0 Å². The molecule has 0 bridgehead atoms. The summed E-state index contributed by atoms with van der Waals surface area (Å²) in [5.41, 5.74) is -0.297. The van der Waals surface area contributed by atoms with Gasteiger partial charge < -0.3 is 43.6 Å². The normalized spacial score (nSPS) is 14.0. The van der Waals surface area contributed by atoms with E-state index in [9.17, 15) is 25.0 Å². The number of ether oxygens (including phenoxy) is 5. The van der Waals surface area contributed by atoms with Crippen LogP contribution in [0.1, 0.15) is 31.1 Å². The molecule has 1 N–H and O–H groups in total. The lowest BCUT2D eigenvalue weighted by Gasteiger charge is -2.28. The van der Waals surface area contributed by atoms with Gasteiger partial charge >= 0.3 is 5.97 Å². The van der Waals surface area contributed by atoms with Gasteiger partial charge in [0.15, 0.2) is 0 Å². The predicted molar refractivity (Wildman–Crippen MR) is 149 cm³/mol. The summed E-state index contributed by atoms with van der Waals surface area (Å²) in [5.74, 6) is 0.346. The molecule has 1 aromatic carbocycles. The summed E-state index contributed by atoms with van der Waals surface area (Å²) in [6.07, 6.45) is -0.771. The smallest absolute Gasteiger partial charge is 0.342 e. The largest absolute Gasteiger partial charge is 0.491 e. The fraction of sp³-hybridized carbons (Fsp3) is 0.625. The summed E-state index contributed by atoms with van der Waals surface area (Å²) in [6.45, 7) is 7.33. The Morgan fingerprint density at radius 3 is 2.37 bits per heavy atom. The Kier molecular flexibility index (Phi) is 12.7. The molecule has 0 unspecified atom stereocenters. The molecule has 1 aromatic heterocycles. The van der Waals surface area contributed by atoms with Gasteiger partial charge in [-0.1, -0.05) is 0 Å². The van der Waals surface area contributed by atoms with E-state index in [2.05, 4.69) is 23.7 Å². The Morgan fingerprint density at radius 1 is 1.05 bits per heavy atom. The van der Waals surface area contributed by atoms with Gasteiger partial charge in [-0.25, -0.2) is 4.79 Å². The number of rotatable bonds is 18. The first-order valence-electron chi connectivity index (χ1n) is 13.2. The van der Waals surface area contributed by atoms with E-state index in [1.54, 1.807) is 0 Å². The van der Waals surface area contributed by atoms with Crippen LogP contribution < -0.4 is 24.4 Å². The Hall–Kier alpha value is -4.23. The summed E-state index contributed by atoms with van der Waals surface area (Å²) in [4.78, 5) is 44.7. The second kappa shape index (κ2) is 16.4. The minimum atomic E-state index is -0.970. The van der Waals surface area contributed by atoms with Crippen LogP contribution in [0.25, 0.3) is 0 Å². The summed E-state index contributed by atoms with van der Waals surface area (Å²) in [5, 5.41) is 22.2. The van der Waals surface area contributed by atoms with Crippen molar-refractivity contribution in [1.82, 2.24) is 14.1 Å². The molecule has 43 heavy (non-hydrogen) atoms. The lowest BCUT2D eigenvalue weighted by atomic mass is 10.1. The molecule has 0 spiro atoms. The van der Waals surface area contributed by atoms with Crippen molar-refractivity contribution in [2.24, 2.45) is 0 Å². The van der Waals surface area contributed by atoms with E-state index in [1.807, 2.05) is 25.7 Å². The highest BCUT2D eigenvalue weighted by Gasteiger charge is 2.25. The first-order chi connectivity index (χ1) is 20.5. The standard InChI is InChI=1S/C24H34N6O12S/c1-24(2,3)25-15-18(16-39-22-21(26-43-27-22)28-6-8-36-9-7-28)42-23(31)19-5-4-17(37-10-12-40-29(32)33)14-20(19)38-11-13-41-30(34)35/h4-5,14,18,25H,6-13,15-16H2,1-3H3/t18-/m0/s1. The summed E-state index contributed by atoms with van der Waals surface area (Å²) in [7, 11) is 0. The number of aromatic nitrogens is 2. The maximum Gasteiger partial charge on any atom is 0.342 e. The number of carbonyl (C=O) groups is 1. The molecule has 2 heterocycles. The molecule has 18 nitrogen and oxygen atoms in total. The van der Waals surface area contributed by atoms with Crippen molar-refractivity contribution in [3.63, 3.8) is 0 Å². The number of carbonyl (C=O) groups excluding carboxylic acids is 1. The number of nitrogens with one attached hydrogen (secondary N) is 1. The van der Waals surface area contributed by atoms with Crippen molar-refractivity contribution >= 4 is 23.5 Å². The van der Waals surface area contributed by atoms with Gasteiger partial charge in [0.2, 0.25) is 5.82 Å². The van der Waals surface area contributed by atoms with Crippen LogP contribution in [-0.2, 0) is 19.1 Å². The van der Waals surface area contributed by atoms with E-state index < -0.39 is 28.9 Å². The number of nitrogens with zero attached hydrogens (tertiary/aromatic N) is 5. The van der Waals surface area contributed by atoms with Crippen LogP contribution in [0.5, 0.6) is 17.4 Å². The summed E-state index contributed by atoms with van der Waals surface area (Å²) >= 11 is 1.01. The van der Waals surface area contributed by atoms with Crippen LogP contribution in [0.4, 0.5) is 5.82 Å². The monoisotopic (exact) mass is 630 g/mol. The van der Waals surface area contributed by atoms with E-state index in [1.165, 1.54) is 18.2 Å². The summed E-state index contributed by atoms with van der Waals surface area (Å²) < 4.78 is 36.7. The zero-order valence-electron chi connectivity index (χ0n) is 23.9. The van der Waals surface area contributed by atoms with Gasteiger partial charge in [0.05, 0.1) is 24.9 Å². The Bertz CT molecular complexity index is 1200. The Morgan fingerprint density at radius 2 is 1.72 bits per heavy atom. The highest BCUT2D eigenvalue weighted by molar-refractivity contribution is 6.99. The number of hydrogen-bond acceptors (Lipinski definition) is 17. The van der Waals surface area contributed by atoms with Crippen LogP contribution in [0, 0.1) is 20.2 Å². The molecular formula is C24H34N6O12S. The lowest BCUT2D eigenvalue weighted by Crippen LogP contribution is -2.44. The Balaban J connectivity index is 1.72. The third-order valence-electron chi connectivity index (χ3n) is 5.55. The zero-order chi connectivity index (χ0) is 31.2. The maximum atomic E-state index is 13.4. The van der Waals surface area contributed by atoms with Crippen molar-refractivity contribution in [2.45, 2.75) is 32.4 Å². The molecule has 0 saturated carbocycles. The van der Waals surface area contributed by atoms with E-state index in [4.69, 9.17) is 23.7 Å². The first-order valence-corrected chi connectivity index (χ1v) is 13.9. The molecule has 0 radical (unpaired) electrons. The van der Waals surface area contributed by atoms with Crippen molar-refractivity contribution in [3.05, 3.63) is 44.0 Å². The number of esters is 1. The van der Waals surface area contributed by atoms with Crippen LogP contribution >= 0.6 is 11.7 Å².